The van der Waals surface area contributed by atoms with E-state index in [1.54, 1.807) is 13.2 Å². The Balaban J connectivity index is 0.00000312. The Labute approximate surface area is 167 Å². The molecule has 0 unspecified atom stereocenters. The predicted molar refractivity (Wildman–Crippen MR) is 108 cm³/mol. The summed E-state index contributed by atoms with van der Waals surface area (Å²) in [6.07, 6.45) is 2.08. The summed E-state index contributed by atoms with van der Waals surface area (Å²) in [6, 6.07) is 5.70. The standard InChI is InChI=1S/C15H25N5O3S.2ClH/c1-16-7-5-15(21)18-8-13-24(22,23)20-11-9-19(10-12-20)14-4-2-3-6-17-14;;/h2-4,6,16H,5,7-13H2,1H3,(H,18,21);2*1H. The first-order chi connectivity index (χ1) is 11.5. The van der Waals surface area contributed by atoms with Crippen LogP contribution < -0.4 is 15.5 Å². The molecule has 0 atom stereocenters. The van der Waals surface area contributed by atoms with Crippen molar-refractivity contribution in [2.24, 2.45) is 0 Å². The molecule has 2 N–H and O–H groups in total. The molecule has 1 aliphatic rings. The number of aromatic nitrogens is 1. The van der Waals surface area contributed by atoms with Crippen LogP contribution in [-0.2, 0) is 14.8 Å². The number of amides is 1. The molecule has 0 saturated carbocycles. The van der Waals surface area contributed by atoms with E-state index in [1.807, 2.05) is 18.2 Å². The topological polar surface area (TPSA) is 94.6 Å². The zero-order chi connectivity index (χ0) is 17.4. The molecule has 2 heterocycles. The number of pyridine rings is 1. The molecule has 1 aromatic heterocycles. The van der Waals surface area contributed by atoms with Gasteiger partial charge in [-0.15, -0.1) is 24.8 Å². The summed E-state index contributed by atoms with van der Waals surface area (Å²) in [6.45, 7) is 2.83. The molecule has 0 bridgehead atoms. The second-order valence-electron chi connectivity index (χ2n) is 5.59. The molecule has 11 heteroatoms. The maximum Gasteiger partial charge on any atom is 0.221 e. The number of sulfonamides is 1. The van der Waals surface area contributed by atoms with Gasteiger partial charge in [0.2, 0.25) is 15.9 Å². The van der Waals surface area contributed by atoms with Gasteiger partial charge in [0.25, 0.3) is 0 Å². The summed E-state index contributed by atoms with van der Waals surface area (Å²) in [7, 11) is -1.58. The third kappa shape index (κ3) is 7.63. The Hall–Kier alpha value is -1.13. The minimum atomic E-state index is -3.35. The highest BCUT2D eigenvalue weighted by Gasteiger charge is 2.27. The Morgan fingerprint density at radius 1 is 1.15 bits per heavy atom. The normalized spacial score (nSPS) is 14.9. The van der Waals surface area contributed by atoms with E-state index in [9.17, 15) is 13.2 Å². The van der Waals surface area contributed by atoms with Gasteiger partial charge in [0.1, 0.15) is 5.82 Å². The number of anilines is 1. The van der Waals surface area contributed by atoms with Gasteiger partial charge in [-0.2, -0.15) is 4.31 Å². The molecule has 0 radical (unpaired) electrons. The smallest absolute Gasteiger partial charge is 0.221 e. The fourth-order valence-corrected chi connectivity index (χ4v) is 3.85. The van der Waals surface area contributed by atoms with Crippen molar-refractivity contribution in [3.05, 3.63) is 24.4 Å². The van der Waals surface area contributed by atoms with Crippen LogP contribution in [0.5, 0.6) is 0 Å². The lowest BCUT2D eigenvalue weighted by Gasteiger charge is -2.34. The quantitative estimate of drug-likeness (QED) is 0.610. The van der Waals surface area contributed by atoms with Crippen molar-refractivity contribution in [2.75, 3.05) is 57.0 Å². The fourth-order valence-electron chi connectivity index (χ4n) is 2.51. The highest BCUT2D eigenvalue weighted by Crippen LogP contribution is 2.14. The molecule has 150 valence electrons. The molecule has 1 aromatic rings. The van der Waals surface area contributed by atoms with Crippen LogP contribution in [0.4, 0.5) is 5.82 Å². The van der Waals surface area contributed by atoms with E-state index in [1.165, 1.54) is 4.31 Å². The van der Waals surface area contributed by atoms with Gasteiger partial charge in [-0.3, -0.25) is 4.79 Å². The van der Waals surface area contributed by atoms with Gasteiger partial charge >= 0.3 is 0 Å². The maximum atomic E-state index is 12.4. The van der Waals surface area contributed by atoms with Crippen LogP contribution in [0.1, 0.15) is 6.42 Å². The molecule has 1 aliphatic heterocycles. The van der Waals surface area contributed by atoms with Crippen LogP contribution in [0.3, 0.4) is 0 Å². The summed E-state index contributed by atoms with van der Waals surface area (Å²) in [5.41, 5.74) is 0. The molecule has 1 amide bonds. The lowest BCUT2D eigenvalue weighted by molar-refractivity contribution is -0.120. The van der Waals surface area contributed by atoms with E-state index in [2.05, 4.69) is 20.5 Å². The number of rotatable bonds is 8. The number of halogens is 2. The van der Waals surface area contributed by atoms with E-state index in [-0.39, 0.29) is 43.0 Å². The molecule has 1 fully saturated rings. The minimum Gasteiger partial charge on any atom is -0.355 e. The summed E-state index contributed by atoms with van der Waals surface area (Å²) in [5, 5.41) is 5.52. The van der Waals surface area contributed by atoms with Crippen molar-refractivity contribution in [2.45, 2.75) is 6.42 Å². The Morgan fingerprint density at radius 2 is 1.85 bits per heavy atom. The first kappa shape index (κ1) is 24.9. The van der Waals surface area contributed by atoms with Crippen LogP contribution in [0.15, 0.2) is 24.4 Å². The number of hydrogen-bond donors (Lipinski definition) is 2. The van der Waals surface area contributed by atoms with Gasteiger partial charge in [-0.05, 0) is 19.2 Å². The zero-order valence-corrected chi connectivity index (χ0v) is 17.2. The van der Waals surface area contributed by atoms with E-state index in [4.69, 9.17) is 0 Å². The van der Waals surface area contributed by atoms with Gasteiger partial charge in [-0.1, -0.05) is 6.07 Å². The number of nitrogens with zero attached hydrogens (tertiary/aromatic N) is 3. The van der Waals surface area contributed by atoms with E-state index in [0.29, 0.717) is 39.1 Å². The van der Waals surface area contributed by atoms with E-state index >= 15 is 0 Å². The Kier molecular flexibility index (Phi) is 11.8. The highest BCUT2D eigenvalue weighted by atomic mass is 35.5. The van der Waals surface area contributed by atoms with Crippen molar-refractivity contribution in [1.82, 2.24) is 19.9 Å². The van der Waals surface area contributed by atoms with Crippen LogP contribution in [0.2, 0.25) is 0 Å². The summed E-state index contributed by atoms with van der Waals surface area (Å²) in [5.74, 6) is 0.660. The molecular formula is C15H27Cl2N5O3S. The number of carbonyl (C=O) groups excluding carboxylic acids is 1. The molecule has 0 aromatic carbocycles. The average Bonchev–Trinajstić information content (AvgIpc) is 2.60. The van der Waals surface area contributed by atoms with Crippen molar-refractivity contribution in [1.29, 1.82) is 0 Å². The molecule has 8 nitrogen and oxygen atoms in total. The second kappa shape index (κ2) is 12.3. The Morgan fingerprint density at radius 3 is 2.42 bits per heavy atom. The van der Waals surface area contributed by atoms with Gasteiger partial charge in [0, 0.05) is 51.9 Å². The first-order valence-corrected chi connectivity index (χ1v) is 9.69. The summed E-state index contributed by atoms with van der Waals surface area (Å²) < 4.78 is 26.2. The third-order valence-corrected chi connectivity index (χ3v) is 5.76. The van der Waals surface area contributed by atoms with E-state index < -0.39 is 10.0 Å². The Bertz CT molecular complexity index is 625. The summed E-state index contributed by atoms with van der Waals surface area (Å²) >= 11 is 0. The van der Waals surface area contributed by atoms with Gasteiger partial charge < -0.3 is 15.5 Å². The SMILES string of the molecule is CNCCC(=O)NCCS(=O)(=O)N1CCN(c2ccccn2)CC1.Cl.Cl. The molecule has 0 aliphatic carbocycles. The van der Waals surface area contributed by atoms with Crippen molar-refractivity contribution >= 4 is 46.6 Å². The first-order valence-electron chi connectivity index (χ1n) is 8.08. The molecule has 1 saturated heterocycles. The second-order valence-corrected chi connectivity index (χ2v) is 7.68. The molecule has 0 spiro atoms. The monoisotopic (exact) mass is 427 g/mol. The molecular weight excluding hydrogens is 401 g/mol. The number of hydrogen-bond acceptors (Lipinski definition) is 6. The summed E-state index contributed by atoms with van der Waals surface area (Å²) in [4.78, 5) is 17.9. The van der Waals surface area contributed by atoms with Crippen LogP contribution in [0.25, 0.3) is 0 Å². The average molecular weight is 428 g/mol. The number of piperazine rings is 1. The highest BCUT2D eigenvalue weighted by molar-refractivity contribution is 7.89. The van der Waals surface area contributed by atoms with Gasteiger partial charge in [0.05, 0.1) is 5.75 Å². The molecule has 2 rings (SSSR count). The van der Waals surface area contributed by atoms with E-state index in [0.717, 1.165) is 5.82 Å². The predicted octanol–water partition coefficient (Wildman–Crippen LogP) is 0.103. The van der Waals surface area contributed by atoms with Crippen molar-refractivity contribution in [3.63, 3.8) is 0 Å². The number of nitrogens with one attached hydrogen (secondary N) is 2. The third-order valence-electron chi connectivity index (χ3n) is 3.89. The van der Waals surface area contributed by atoms with Crippen LogP contribution in [0, 0.1) is 0 Å². The van der Waals surface area contributed by atoms with Crippen LogP contribution in [-0.4, -0.2) is 75.7 Å². The minimum absolute atomic E-state index is 0. The largest absolute Gasteiger partial charge is 0.355 e. The maximum absolute atomic E-state index is 12.4. The van der Waals surface area contributed by atoms with Gasteiger partial charge in [-0.25, -0.2) is 13.4 Å². The van der Waals surface area contributed by atoms with Gasteiger partial charge in [0.15, 0.2) is 0 Å². The number of carbonyl (C=O) groups is 1. The fraction of sp³-hybridized carbons (Fsp3) is 0.600. The lowest BCUT2D eigenvalue weighted by atomic mass is 10.3. The lowest BCUT2D eigenvalue weighted by Crippen LogP contribution is -2.50. The zero-order valence-electron chi connectivity index (χ0n) is 14.8. The molecule has 26 heavy (non-hydrogen) atoms. The van der Waals surface area contributed by atoms with Crippen LogP contribution >= 0.6 is 24.8 Å². The van der Waals surface area contributed by atoms with Crippen molar-refractivity contribution in [3.8, 4) is 0 Å². The van der Waals surface area contributed by atoms with Crippen molar-refractivity contribution < 1.29 is 13.2 Å².